The summed E-state index contributed by atoms with van der Waals surface area (Å²) in [6.07, 6.45) is 0. The summed E-state index contributed by atoms with van der Waals surface area (Å²) in [5, 5.41) is 0.135. The molecule has 0 heterocycles. The maximum Gasteiger partial charge on any atom is 0.240 e. The van der Waals surface area contributed by atoms with E-state index in [1.807, 2.05) is 0 Å². The molecule has 1 N–H and O–H groups in total. The van der Waals surface area contributed by atoms with Gasteiger partial charge in [0.2, 0.25) is 10.0 Å². The highest BCUT2D eigenvalue weighted by Gasteiger charge is 2.14. The summed E-state index contributed by atoms with van der Waals surface area (Å²) in [7, 11) is -3.50. The molecule has 0 radical (unpaired) electrons. The number of sulfonamides is 1. The van der Waals surface area contributed by atoms with Crippen LogP contribution in [-0.4, -0.2) is 20.3 Å². The summed E-state index contributed by atoms with van der Waals surface area (Å²) in [6, 6.07) is 6.07. The van der Waals surface area contributed by atoms with E-state index in [1.165, 1.54) is 12.1 Å². The van der Waals surface area contributed by atoms with Gasteiger partial charge in [0.05, 0.1) is 4.90 Å². The van der Waals surface area contributed by atoms with Crippen LogP contribution >= 0.6 is 23.2 Å². The minimum atomic E-state index is -3.50. The molecule has 1 aromatic carbocycles. The second-order valence-electron chi connectivity index (χ2n) is 3.09. The van der Waals surface area contributed by atoms with Gasteiger partial charge in [0.25, 0.3) is 0 Å². The minimum absolute atomic E-state index is 0.146. The van der Waals surface area contributed by atoms with Crippen LogP contribution in [0.15, 0.2) is 29.2 Å². The number of nitrogens with one attached hydrogen (secondary N) is 1. The molecule has 0 fully saturated rings. The van der Waals surface area contributed by atoms with E-state index in [2.05, 4.69) is 4.72 Å². The van der Waals surface area contributed by atoms with Crippen LogP contribution in [0, 0.1) is 0 Å². The fraction of sp³-hybridized carbons (Fsp3) is 0.333. The molecule has 3 nitrogen and oxygen atoms in total. The Kier molecular flexibility index (Phi) is 4.40. The molecule has 6 heteroatoms. The van der Waals surface area contributed by atoms with Gasteiger partial charge >= 0.3 is 0 Å². The Labute approximate surface area is 99.4 Å². The molecule has 0 saturated carbocycles. The van der Waals surface area contributed by atoms with E-state index in [-0.39, 0.29) is 16.8 Å². The van der Waals surface area contributed by atoms with Crippen molar-refractivity contribution in [3.05, 3.63) is 29.3 Å². The molecule has 1 rings (SSSR count). The molecular weight excluding hydrogens is 257 g/mol. The molecule has 15 heavy (non-hydrogen) atoms. The SMILES string of the molecule is CC(Cl)CNS(=O)(=O)c1cccc(Cl)c1. The summed E-state index contributed by atoms with van der Waals surface area (Å²) in [5.41, 5.74) is 0. The maximum atomic E-state index is 11.7. The number of benzene rings is 1. The van der Waals surface area contributed by atoms with Crippen LogP contribution in [0.5, 0.6) is 0 Å². The lowest BCUT2D eigenvalue weighted by atomic mass is 10.4. The van der Waals surface area contributed by atoms with Gasteiger partial charge in [0.15, 0.2) is 0 Å². The summed E-state index contributed by atoms with van der Waals surface area (Å²) < 4.78 is 25.7. The van der Waals surface area contributed by atoms with Crippen LogP contribution in [0.1, 0.15) is 6.92 Å². The Morgan fingerprint density at radius 3 is 2.67 bits per heavy atom. The van der Waals surface area contributed by atoms with Crippen LogP contribution in [0.2, 0.25) is 5.02 Å². The molecule has 0 aromatic heterocycles. The van der Waals surface area contributed by atoms with Gasteiger partial charge in [0.1, 0.15) is 0 Å². The van der Waals surface area contributed by atoms with Crippen molar-refractivity contribution < 1.29 is 8.42 Å². The third kappa shape index (κ3) is 3.99. The van der Waals surface area contributed by atoms with Crippen molar-refractivity contribution in [3.63, 3.8) is 0 Å². The fourth-order valence-corrected chi connectivity index (χ4v) is 2.54. The van der Waals surface area contributed by atoms with Crippen LogP contribution in [0.3, 0.4) is 0 Å². The first-order valence-corrected chi connectivity index (χ1v) is 6.61. The van der Waals surface area contributed by atoms with Crippen LogP contribution < -0.4 is 4.72 Å². The molecule has 0 aliphatic rings. The summed E-state index contributed by atoms with van der Waals surface area (Å²) in [4.78, 5) is 0.146. The van der Waals surface area contributed by atoms with E-state index < -0.39 is 10.0 Å². The van der Waals surface area contributed by atoms with Crippen LogP contribution in [0.4, 0.5) is 0 Å². The number of hydrogen-bond acceptors (Lipinski definition) is 2. The van der Waals surface area contributed by atoms with Crippen molar-refractivity contribution in [1.29, 1.82) is 0 Å². The summed E-state index contributed by atoms with van der Waals surface area (Å²) >= 11 is 11.3. The first-order chi connectivity index (χ1) is 6.92. The number of hydrogen-bond donors (Lipinski definition) is 1. The highest BCUT2D eigenvalue weighted by atomic mass is 35.5. The molecule has 1 aromatic rings. The lowest BCUT2D eigenvalue weighted by molar-refractivity contribution is 0.581. The molecule has 84 valence electrons. The fourth-order valence-electron chi connectivity index (χ4n) is 0.942. The second-order valence-corrected chi connectivity index (χ2v) is 6.04. The van der Waals surface area contributed by atoms with Crippen molar-refractivity contribution in [2.45, 2.75) is 17.2 Å². The summed E-state index contributed by atoms with van der Waals surface area (Å²) in [5.74, 6) is 0. The first kappa shape index (κ1) is 12.8. The number of alkyl halides is 1. The van der Waals surface area contributed by atoms with Gasteiger partial charge in [-0.25, -0.2) is 13.1 Å². The Hall–Kier alpha value is -0.290. The zero-order valence-electron chi connectivity index (χ0n) is 8.07. The van der Waals surface area contributed by atoms with E-state index in [0.717, 1.165) is 0 Å². The predicted octanol–water partition coefficient (Wildman–Crippen LogP) is 2.25. The van der Waals surface area contributed by atoms with Crippen molar-refractivity contribution >= 4 is 33.2 Å². The molecule has 0 aliphatic heterocycles. The van der Waals surface area contributed by atoms with Gasteiger partial charge in [-0.2, -0.15) is 0 Å². The first-order valence-electron chi connectivity index (χ1n) is 4.31. The van der Waals surface area contributed by atoms with E-state index in [4.69, 9.17) is 23.2 Å². The zero-order valence-corrected chi connectivity index (χ0v) is 10.4. The lowest BCUT2D eigenvalue weighted by Gasteiger charge is -2.07. The third-order valence-electron chi connectivity index (χ3n) is 1.66. The highest BCUT2D eigenvalue weighted by Crippen LogP contribution is 2.15. The normalized spacial score (nSPS) is 13.8. The summed E-state index contributed by atoms with van der Waals surface area (Å²) in [6.45, 7) is 1.90. The molecule has 1 unspecified atom stereocenters. The Balaban J connectivity index is 2.87. The second kappa shape index (κ2) is 5.16. The largest absolute Gasteiger partial charge is 0.240 e. The molecule has 0 bridgehead atoms. The molecule has 0 spiro atoms. The average molecular weight is 268 g/mol. The van der Waals surface area contributed by atoms with Gasteiger partial charge < -0.3 is 0 Å². The van der Waals surface area contributed by atoms with Crippen molar-refractivity contribution in [2.75, 3.05) is 6.54 Å². The van der Waals surface area contributed by atoms with E-state index in [1.54, 1.807) is 19.1 Å². The van der Waals surface area contributed by atoms with E-state index in [9.17, 15) is 8.42 Å². The zero-order chi connectivity index (χ0) is 11.5. The van der Waals surface area contributed by atoms with E-state index >= 15 is 0 Å². The highest BCUT2D eigenvalue weighted by molar-refractivity contribution is 7.89. The quantitative estimate of drug-likeness (QED) is 0.851. The van der Waals surface area contributed by atoms with Crippen molar-refractivity contribution in [3.8, 4) is 0 Å². The third-order valence-corrected chi connectivity index (χ3v) is 3.47. The molecular formula is C9H11Cl2NO2S. The van der Waals surface area contributed by atoms with Gasteiger partial charge in [0, 0.05) is 16.9 Å². The van der Waals surface area contributed by atoms with E-state index in [0.29, 0.717) is 5.02 Å². The van der Waals surface area contributed by atoms with Gasteiger partial charge in [-0.3, -0.25) is 0 Å². The molecule has 0 aliphatic carbocycles. The average Bonchev–Trinajstić information content (AvgIpc) is 2.15. The van der Waals surface area contributed by atoms with Gasteiger partial charge in [-0.05, 0) is 25.1 Å². The van der Waals surface area contributed by atoms with Crippen molar-refractivity contribution in [1.82, 2.24) is 4.72 Å². The van der Waals surface area contributed by atoms with Gasteiger partial charge in [-0.15, -0.1) is 11.6 Å². The minimum Gasteiger partial charge on any atom is -0.210 e. The Morgan fingerprint density at radius 2 is 2.13 bits per heavy atom. The Bertz CT molecular complexity index is 431. The molecule has 0 saturated heterocycles. The number of rotatable bonds is 4. The standard InChI is InChI=1S/C9H11Cl2NO2S/c1-7(10)6-12-15(13,14)9-4-2-3-8(11)5-9/h2-5,7,12H,6H2,1H3. The topological polar surface area (TPSA) is 46.2 Å². The van der Waals surface area contributed by atoms with Gasteiger partial charge in [-0.1, -0.05) is 17.7 Å². The lowest BCUT2D eigenvalue weighted by Crippen LogP contribution is -2.28. The monoisotopic (exact) mass is 267 g/mol. The van der Waals surface area contributed by atoms with Crippen molar-refractivity contribution in [2.24, 2.45) is 0 Å². The van der Waals surface area contributed by atoms with Crippen LogP contribution in [-0.2, 0) is 10.0 Å². The van der Waals surface area contributed by atoms with Crippen LogP contribution in [0.25, 0.3) is 0 Å². The molecule has 0 amide bonds. The Morgan fingerprint density at radius 1 is 1.47 bits per heavy atom. The predicted molar refractivity (Wildman–Crippen MR) is 62.0 cm³/mol. The number of halogens is 2. The smallest absolute Gasteiger partial charge is 0.210 e. The molecule has 1 atom stereocenters. The maximum absolute atomic E-state index is 11.7.